The quantitative estimate of drug-likeness (QED) is 0.826. The van der Waals surface area contributed by atoms with E-state index in [9.17, 15) is 9.59 Å². The predicted octanol–water partition coefficient (Wildman–Crippen LogP) is -0.216. The fraction of sp³-hybridized carbons (Fsp3) is 0.417. The number of nitrogens with zero attached hydrogens (tertiary/aromatic N) is 4. The Balaban J connectivity index is 2.49. The summed E-state index contributed by atoms with van der Waals surface area (Å²) in [7, 11) is 1.78. The molecule has 0 aliphatic heterocycles. The zero-order valence-electron chi connectivity index (χ0n) is 11.0. The van der Waals surface area contributed by atoms with Gasteiger partial charge < -0.3 is 5.73 Å². The van der Waals surface area contributed by atoms with E-state index in [1.54, 1.807) is 24.0 Å². The van der Waals surface area contributed by atoms with Gasteiger partial charge in [-0.25, -0.2) is 4.79 Å². The number of aromatic nitrogens is 4. The van der Waals surface area contributed by atoms with Crippen LogP contribution in [0.1, 0.15) is 19.0 Å². The second-order valence-electron chi connectivity index (χ2n) is 4.43. The minimum absolute atomic E-state index is 0.0731. The molecule has 0 aromatic carbocycles. The van der Waals surface area contributed by atoms with Gasteiger partial charge in [0.1, 0.15) is 5.69 Å². The topological polar surface area (TPSA) is 87.8 Å². The first kappa shape index (κ1) is 13.1. The van der Waals surface area contributed by atoms with Crippen LogP contribution in [0.4, 0.5) is 5.69 Å². The summed E-state index contributed by atoms with van der Waals surface area (Å²) in [6.07, 6.45) is 3.96. The van der Waals surface area contributed by atoms with Crippen LogP contribution in [-0.4, -0.2) is 18.9 Å². The van der Waals surface area contributed by atoms with Crippen molar-refractivity contribution in [3.63, 3.8) is 0 Å². The van der Waals surface area contributed by atoms with Crippen LogP contribution in [0, 0.1) is 0 Å². The van der Waals surface area contributed by atoms with Crippen LogP contribution in [0.25, 0.3) is 0 Å². The highest BCUT2D eigenvalue weighted by molar-refractivity contribution is 5.31. The van der Waals surface area contributed by atoms with Crippen molar-refractivity contribution in [1.82, 2.24) is 18.9 Å². The monoisotopic (exact) mass is 263 g/mol. The smallest absolute Gasteiger partial charge is 0.331 e. The molecule has 19 heavy (non-hydrogen) atoms. The minimum Gasteiger partial charge on any atom is -0.393 e. The molecule has 2 heterocycles. The summed E-state index contributed by atoms with van der Waals surface area (Å²) in [6.45, 7) is 2.62. The molecule has 7 nitrogen and oxygen atoms in total. The number of aryl methyl sites for hydroxylation is 2. The molecular formula is C12H17N5O2. The Morgan fingerprint density at radius 1 is 1.37 bits per heavy atom. The van der Waals surface area contributed by atoms with Crippen molar-refractivity contribution >= 4 is 5.69 Å². The van der Waals surface area contributed by atoms with Gasteiger partial charge in [-0.15, -0.1) is 0 Å². The molecule has 2 N–H and O–H groups in total. The van der Waals surface area contributed by atoms with E-state index < -0.39 is 5.56 Å². The number of nitrogen functional groups attached to an aromatic ring is 1. The van der Waals surface area contributed by atoms with Gasteiger partial charge in [-0.3, -0.25) is 18.6 Å². The molecule has 0 spiro atoms. The van der Waals surface area contributed by atoms with Gasteiger partial charge in [0.2, 0.25) is 0 Å². The van der Waals surface area contributed by atoms with Crippen LogP contribution in [0.15, 0.2) is 28.0 Å². The summed E-state index contributed by atoms with van der Waals surface area (Å²) >= 11 is 0. The Kier molecular flexibility index (Phi) is 3.55. The Labute approximate surface area is 109 Å². The lowest BCUT2D eigenvalue weighted by molar-refractivity contribution is 0.566. The molecule has 2 aromatic rings. The van der Waals surface area contributed by atoms with Gasteiger partial charge >= 0.3 is 5.69 Å². The third kappa shape index (κ3) is 2.59. The van der Waals surface area contributed by atoms with Gasteiger partial charge in [-0.05, 0) is 12.5 Å². The van der Waals surface area contributed by atoms with E-state index in [0.29, 0.717) is 12.2 Å². The van der Waals surface area contributed by atoms with Crippen LogP contribution >= 0.6 is 0 Å². The van der Waals surface area contributed by atoms with E-state index in [-0.39, 0.29) is 17.9 Å². The molecule has 2 rings (SSSR count). The van der Waals surface area contributed by atoms with E-state index >= 15 is 0 Å². The van der Waals surface area contributed by atoms with Gasteiger partial charge in [0.05, 0.1) is 12.2 Å². The van der Waals surface area contributed by atoms with Crippen molar-refractivity contribution in [3.05, 3.63) is 45.0 Å². The molecule has 0 saturated heterocycles. The molecule has 0 unspecified atom stereocenters. The van der Waals surface area contributed by atoms with Crippen LogP contribution in [0.2, 0.25) is 0 Å². The predicted molar refractivity (Wildman–Crippen MR) is 72.0 cm³/mol. The van der Waals surface area contributed by atoms with Crippen molar-refractivity contribution in [2.75, 3.05) is 5.73 Å². The molecule has 0 radical (unpaired) electrons. The second kappa shape index (κ2) is 5.13. The highest BCUT2D eigenvalue weighted by atomic mass is 16.2. The summed E-state index contributed by atoms with van der Waals surface area (Å²) in [5.74, 6) is 0. The van der Waals surface area contributed by atoms with Gasteiger partial charge in [-0.1, -0.05) is 6.92 Å². The average molecular weight is 263 g/mol. The van der Waals surface area contributed by atoms with E-state index in [2.05, 4.69) is 5.10 Å². The summed E-state index contributed by atoms with van der Waals surface area (Å²) in [5, 5.41) is 4.16. The number of hydrogen-bond donors (Lipinski definition) is 1. The van der Waals surface area contributed by atoms with E-state index in [1.165, 1.54) is 10.8 Å². The first-order valence-corrected chi connectivity index (χ1v) is 6.11. The first-order chi connectivity index (χ1) is 9.02. The lowest BCUT2D eigenvalue weighted by Crippen LogP contribution is -2.41. The summed E-state index contributed by atoms with van der Waals surface area (Å²) in [4.78, 5) is 24.1. The first-order valence-electron chi connectivity index (χ1n) is 6.11. The third-order valence-electron chi connectivity index (χ3n) is 2.82. The molecule has 0 saturated carbocycles. The highest BCUT2D eigenvalue weighted by Gasteiger charge is 2.10. The molecule has 0 aliphatic rings. The molecule has 0 amide bonds. The van der Waals surface area contributed by atoms with Crippen molar-refractivity contribution in [3.8, 4) is 0 Å². The van der Waals surface area contributed by atoms with Gasteiger partial charge in [0.15, 0.2) is 0 Å². The van der Waals surface area contributed by atoms with Gasteiger partial charge in [0, 0.05) is 26.0 Å². The number of nitrogens with two attached hydrogens (primary N) is 1. The van der Waals surface area contributed by atoms with Crippen molar-refractivity contribution in [2.45, 2.75) is 26.4 Å². The highest BCUT2D eigenvalue weighted by Crippen LogP contribution is 1.97. The Hall–Kier alpha value is -2.31. The lowest BCUT2D eigenvalue weighted by Gasteiger charge is -2.09. The van der Waals surface area contributed by atoms with E-state index in [4.69, 9.17) is 5.73 Å². The Morgan fingerprint density at radius 3 is 2.68 bits per heavy atom. The third-order valence-corrected chi connectivity index (χ3v) is 2.82. The molecule has 2 aromatic heterocycles. The maximum atomic E-state index is 12.2. The van der Waals surface area contributed by atoms with E-state index in [1.807, 2.05) is 6.92 Å². The van der Waals surface area contributed by atoms with E-state index in [0.717, 1.165) is 11.0 Å². The maximum absolute atomic E-state index is 12.2. The number of rotatable bonds is 4. The fourth-order valence-electron chi connectivity index (χ4n) is 1.93. The SMILES string of the molecule is CCCn1cc(N)c(=O)n(Cc2ccn(C)n2)c1=O. The van der Waals surface area contributed by atoms with Crippen molar-refractivity contribution in [1.29, 1.82) is 0 Å². The molecule has 102 valence electrons. The van der Waals surface area contributed by atoms with Crippen molar-refractivity contribution in [2.24, 2.45) is 7.05 Å². The van der Waals surface area contributed by atoms with Gasteiger partial charge in [0.25, 0.3) is 5.56 Å². The molecule has 0 aliphatic carbocycles. The molecule has 0 bridgehead atoms. The summed E-state index contributed by atoms with van der Waals surface area (Å²) < 4.78 is 4.20. The number of anilines is 1. The molecule has 0 atom stereocenters. The second-order valence-corrected chi connectivity index (χ2v) is 4.43. The maximum Gasteiger partial charge on any atom is 0.331 e. The van der Waals surface area contributed by atoms with Crippen molar-refractivity contribution < 1.29 is 0 Å². The summed E-state index contributed by atoms with van der Waals surface area (Å²) in [6, 6.07) is 1.76. The molecular weight excluding hydrogens is 246 g/mol. The average Bonchev–Trinajstić information content (AvgIpc) is 2.77. The molecule has 0 fully saturated rings. The summed E-state index contributed by atoms with van der Waals surface area (Å²) in [5.41, 5.74) is 5.56. The van der Waals surface area contributed by atoms with Gasteiger partial charge in [-0.2, -0.15) is 5.10 Å². The molecule has 7 heteroatoms. The zero-order chi connectivity index (χ0) is 14.0. The Morgan fingerprint density at radius 2 is 2.11 bits per heavy atom. The fourth-order valence-corrected chi connectivity index (χ4v) is 1.93. The van der Waals surface area contributed by atoms with Crippen LogP contribution in [-0.2, 0) is 20.1 Å². The van der Waals surface area contributed by atoms with Crippen LogP contribution < -0.4 is 17.0 Å². The Bertz CT molecular complexity index is 695. The standard InChI is InChI=1S/C12H17N5O2/c1-3-5-16-8-10(13)11(18)17(12(16)19)7-9-4-6-15(2)14-9/h4,6,8H,3,5,7,13H2,1-2H3. The van der Waals surface area contributed by atoms with Crippen LogP contribution in [0.5, 0.6) is 0 Å². The normalized spacial score (nSPS) is 10.8. The zero-order valence-corrected chi connectivity index (χ0v) is 11.0. The largest absolute Gasteiger partial charge is 0.393 e. The lowest BCUT2D eigenvalue weighted by atomic mass is 10.4. The number of hydrogen-bond acceptors (Lipinski definition) is 4. The van der Waals surface area contributed by atoms with Crippen LogP contribution in [0.3, 0.4) is 0 Å². The minimum atomic E-state index is -0.469.